The number of morpholine rings is 1. The number of nitrogens with zero attached hydrogens (tertiary/aromatic N) is 3. The predicted molar refractivity (Wildman–Crippen MR) is 74.9 cm³/mol. The van der Waals surface area contributed by atoms with Gasteiger partial charge in [-0.25, -0.2) is 9.97 Å². The van der Waals surface area contributed by atoms with E-state index in [9.17, 15) is 13.2 Å². The van der Waals surface area contributed by atoms with E-state index < -0.39 is 11.1 Å². The third-order valence-corrected chi connectivity index (χ3v) is 5.18. The summed E-state index contributed by atoms with van der Waals surface area (Å²) in [4.78, 5) is 9.42. The van der Waals surface area contributed by atoms with E-state index in [1.165, 1.54) is 11.3 Å². The lowest BCUT2D eigenvalue weighted by Crippen LogP contribution is -2.38. The van der Waals surface area contributed by atoms with Crippen LogP contribution < -0.4 is 4.90 Å². The van der Waals surface area contributed by atoms with Crippen molar-refractivity contribution in [3.05, 3.63) is 27.2 Å². The van der Waals surface area contributed by atoms with Gasteiger partial charge < -0.3 is 9.64 Å². The van der Waals surface area contributed by atoms with Gasteiger partial charge in [-0.15, -0.1) is 11.3 Å². The van der Waals surface area contributed by atoms with Gasteiger partial charge in [-0.3, -0.25) is 0 Å². The Morgan fingerprint density at radius 3 is 2.86 bits per heavy atom. The number of hydrogen-bond acceptors (Lipinski definition) is 6. The van der Waals surface area contributed by atoms with E-state index in [0.717, 1.165) is 16.9 Å². The molecule has 0 radical (unpaired) electrons. The van der Waals surface area contributed by atoms with Crippen molar-refractivity contribution in [2.45, 2.75) is 19.2 Å². The van der Waals surface area contributed by atoms with Gasteiger partial charge in [0.15, 0.2) is 5.13 Å². The largest absolute Gasteiger partial charge is 0.427 e. The predicted octanol–water partition coefficient (Wildman–Crippen LogP) is 3.50. The second-order valence-corrected chi connectivity index (χ2v) is 6.54. The lowest BCUT2D eigenvalue weighted by atomic mass is 10.3. The van der Waals surface area contributed by atoms with Gasteiger partial charge in [0.25, 0.3) is 0 Å². The van der Waals surface area contributed by atoms with E-state index in [0.29, 0.717) is 36.2 Å². The summed E-state index contributed by atoms with van der Waals surface area (Å²) in [7, 11) is 0. The molecule has 0 aromatic carbocycles. The van der Waals surface area contributed by atoms with E-state index in [1.54, 1.807) is 0 Å². The van der Waals surface area contributed by atoms with Crippen LogP contribution in [0.2, 0.25) is 0 Å². The van der Waals surface area contributed by atoms with Gasteiger partial charge in [-0.05, 0) is 6.92 Å². The van der Waals surface area contributed by atoms with Crippen molar-refractivity contribution in [1.82, 2.24) is 9.97 Å². The zero-order valence-electron chi connectivity index (χ0n) is 11.1. The first-order chi connectivity index (χ1) is 9.93. The van der Waals surface area contributed by atoms with Crippen molar-refractivity contribution in [2.75, 3.05) is 24.6 Å². The molecule has 1 aliphatic heterocycles. The fourth-order valence-electron chi connectivity index (χ4n) is 2.03. The Balaban J connectivity index is 1.75. The van der Waals surface area contributed by atoms with Crippen LogP contribution in [0.1, 0.15) is 21.7 Å². The number of halogens is 3. The second kappa shape index (κ2) is 5.54. The lowest BCUT2D eigenvalue weighted by Gasteiger charge is -2.31. The number of aromatic nitrogens is 2. The monoisotopic (exact) mass is 335 g/mol. The number of aryl methyl sites for hydroxylation is 1. The zero-order valence-corrected chi connectivity index (χ0v) is 12.7. The molecular formula is C12H12F3N3OS2. The highest BCUT2D eigenvalue weighted by Gasteiger charge is 2.34. The maximum atomic E-state index is 12.6. The minimum atomic E-state index is -4.34. The van der Waals surface area contributed by atoms with Gasteiger partial charge in [0.2, 0.25) is 0 Å². The van der Waals surface area contributed by atoms with E-state index >= 15 is 0 Å². The molecule has 0 amide bonds. The van der Waals surface area contributed by atoms with E-state index in [1.807, 2.05) is 17.2 Å². The molecule has 0 saturated carbocycles. The molecule has 3 rings (SSSR count). The molecule has 1 fully saturated rings. The average molecular weight is 335 g/mol. The Morgan fingerprint density at radius 1 is 1.43 bits per heavy atom. The number of rotatable bonds is 2. The third-order valence-electron chi connectivity index (χ3n) is 3.02. The van der Waals surface area contributed by atoms with E-state index in [-0.39, 0.29) is 6.10 Å². The molecule has 0 unspecified atom stereocenters. The van der Waals surface area contributed by atoms with Crippen LogP contribution in [0.5, 0.6) is 0 Å². The molecule has 1 saturated heterocycles. The average Bonchev–Trinajstić information content (AvgIpc) is 3.07. The lowest BCUT2D eigenvalue weighted by molar-refractivity contribution is -0.134. The second-order valence-electron chi connectivity index (χ2n) is 4.64. The SMILES string of the molecule is Cc1csc([C@@H]2CN(c3ncc(C(F)(F)F)s3)CCO2)n1. The molecule has 21 heavy (non-hydrogen) atoms. The molecule has 0 bridgehead atoms. The number of thiazole rings is 2. The number of alkyl halides is 3. The molecule has 2 aromatic heterocycles. The summed E-state index contributed by atoms with van der Waals surface area (Å²) in [6.45, 7) is 3.35. The standard InChI is InChI=1S/C12H12F3N3OS2/c1-7-6-20-10(17-7)8-5-18(2-3-19-8)11-16-4-9(21-11)12(13,14)15/h4,6,8H,2-3,5H2,1H3/t8-/m0/s1. The zero-order chi connectivity index (χ0) is 15.0. The minimum Gasteiger partial charge on any atom is -0.367 e. The maximum absolute atomic E-state index is 12.6. The van der Waals surface area contributed by atoms with Gasteiger partial charge in [-0.2, -0.15) is 13.2 Å². The van der Waals surface area contributed by atoms with Crippen molar-refractivity contribution in [3.8, 4) is 0 Å². The Morgan fingerprint density at radius 2 is 2.24 bits per heavy atom. The van der Waals surface area contributed by atoms with Crippen LogP contribution >= 0.6 is 22.7 Å². The van der Waals surface area contributed by atoms with Gasteiger partial charge in [-0.1, -0.05) is 11.3 Å². The minimum absolute atomic E-state index is 0.212. The smallest absolute Gasteiger partial charge is 0.367 e. The van der Waals surface area contributed by atoms with Crippen LogP contribution in [-0.2, 0) is 10.9 Å². The van der Waals surface area contributed by atoms with Crippen molar-refractivity contribution in [2.24, 2.45) is 0 Å². The molecule has 0 aliphatic carbocycles. The highest BCUT2D eigenvalue weighted by atomic mass is 32.1. The van der Waals surface area contributed by atoms with Crippen LogP contribution in [0.4, 0.5) is 18.3 Å². The number of hydrogen-bond donors (Lipinski definition) is 0. The summed E-state index contributed by atoms with van der Waals surface area (Å²) >= 11 is 2.17. The summed E-state index contributed by atoms with van der Waals surface area (Å²) in [5, 5.41) is 3.16. The Labute approximate surface area is 127 Å². The molecule has 1 aliphatic rings. The highest BCUT2D eigenvalue weighted by Crippen LogP contribution is 2.37. The highest BCUT2D eigenvalue weighted by molar-refractivity contribution is 7.15. The molecule has 2 aromatic rings. The van der Waals surface area contributed by atoms with Crippen LogP contribution in [0.15, 0.2) is 11.6 Å². The van der Waals surface area contributed by atoms with Crippen molar-refractivity contribution >= 4 is 27.8 Å². The van der Waals surface area contributed by atoms with E-state index in [4.69, 9.17) is 4.74 Å². The summed E-state index contributed by atoms with van der Waals surface area (Å²) < 4.78 is 43.6. The fourth-order valence-corrected chi connectivity index (χ4v) is 3.69. The Kier molecular flexibility index (Phi) is 3.89. The molecule has 0 N–H and O–H groups in total. The van der Waals surface area contributed by atoms with E-state index in [2.05, 4.69) is 9.97 Å². The summed E-state index contributed by atoms with van der Waals surface area (Å²) in [5.74, 6) is 0. The Hall–Kier alpha value is -1.19. The summed E-state index contributed by atoms with van der Waals surface area (Å²) in [6.07, 6.45) is -3.66. The summed E-state index contributed by atoms with van der Waals surface area (Å²) in [6, 6.07) is 0. The first-order valence-electron chi connectivity index (χ1n) is 6.25. The fraction of sp³-hybridized carbons (Fsp3) is 0.500. The van der Waals surface area contributed by atoms with Crippen LogP contribution in [0.25, 0.3) is 0 Å². The molecule has 9 heteroatoms. The Bertz CT molecular complexity index is 625. The molecular weight excluding hydrogens is 323 g/mol. The number of anilines is 1. The van der Waals surface area contributed by atoms with Gasteiger partial charge in [0.05, 0.1) is 19.3 Å². The first kappa shape index (κ1) is 14.7. The van der Waals surface area contributed by atoms with Crippen LogP contribution in [0.3, 0.4) is 0 Å². The topological polar surface area (TPSA) is 38.2 Å². The first-order valence-corrected chi connectivity index (χ1v) is 7.94. The molecule has 114 valence electrons. The van der Waals surface area contributed by atoms with Crippen molar-refractivity contribution < 1.29 is 17.9 Å². The van der Waals surface area contributed by atoms with Gasteiger partial charge in [0.1, 0.15) is 16.0 Å². The van der Waals surface area contributed by atoms with Crippen molar-refractivity contribution in [3.63, 3.8) is 0 Å². The molecule has 3 heterocycles. The van der Waals surface area contributed by atoms with Gasteiger partial charge >= 0.3 is 6.18 Å². The molecule has 0 spiro atoms. The maximum Gasteiger partial charge on any atom is 0.427 e. The van der Waals surface area contributed by atoms with Crippen molar-refractivity contribution in [1.29, 1.82) is 0 Å². The van der Waals surface area contributed by atoms with Gasteiger partial charge in [0, 0.05) is 17.6 Å². The number of ether oxygens (including phenoxy) is 1. The normalized spacial score (nSPS) is 20.0. The van der Waals surface area contributed by atoms with Crippen LogP contribution in [-0.4, -0.2) is 29.7 Å². The summed E-state index contributed by atoms with van der Waals surface area (Å²) in [5.41, 5.74) is 0.921. The quantitative estimate of drug-likeness (QED) is 0.842. The molecule has 1 atom stereocenters. The molecule has 4 nitrogen and oxygen atoms in total. The van der Waals surface area contributed by atoms with Crippen LogP contribution in [0, 0.1) is 6.92 Å². The third kappa shape index (κ3) is 3.19.